The van der Waals surface area contributed by atoms with E-state index in [2.05, 4.69) is 10.3 Å². The van der Waals surface area contributed by atoms with E-state index in [0.717, 1.165) is 5.52 Å². The first-order valence-electron chi connectivity index (χ1n) is 8.35. The third kappa shape index (κ3) is 3.76. The summed E-state index contributed by atoms with van der Waals surface area (Å²) in [6, 6.07) is 12.4. The predicted molar refractivity (Wildman–Crippen MR) is 101 cm³/mol. The molecule has 0 atom stereocenters. The molecule has 0 saturated carbocycles. The fourth-order valence-electron chi connectivity index (χ4n) is 2.86. The van der Waals surface area contributed by atoms with Gasteiger partial charge in [-0.2, -0.15) is 0 Å². The highest BCUT2D eigenvalue weighted by Crippen LogP contribution is 2.17. The summed E-state index contributed by atoms with van der Waals surface area (Å²) in [5.41, 5.74) is 1.25. The third-order valence-corrected chi connectivity index (χ3v) is 4.08. The summed E-state index contributed by atoms with van der Waals surface area (Å²) in [5.74, 6) is -0.230. The van der Waals surface area contributed by atoms with Gasteiger partial charge in [-0.05, 0) is 44.2 Å². The highest BCUT2D eigenvalue weighted by Gasteiger charge is 2.22. The van der Waals surface area contributed by atoms with E-state index in [9.17, 15) is 9.59 Å². The maximum Gasteiger partial charge on any atom is 0.251 e. The average molecular weight is 354 g/mol. The number of hydrogen-bond donors (Lipinski definition) is 2. The molecule has 0 spiro atoms. The number of ether oxygens (including phenoxy) is 2. The van der Waals surface area contributed by atoms with Crippen molar-refractivity contribution in [1.29, 1.82) is 0 Å². The van der Waals surface area contributed by atoms with Crippen molar-refractivity contribution in [3.63, 3.8) is 0 Å². The Kier molecular flexibility index (Phi) is 5.06. The lowest BCUT2D eigenvalue weighted by Crippen LogP contribution is -2.47. The van der Waals surface area contributed by atoms with Crippen molar-refractivity contribution in [3.05, 3.63) is 58.3 Å². The van der Waals surface area contributed by atoms with Crippen LogP contribution in [0, 0.1) is 0 Å². The Balaban J connectivity index is 1.90. The number of carbonyl (C=O) groups excluding carboxylic acids is 1. The van der Waals surface area contributed by atoms with Gasteiger partial charge in [-0.1, -0.05) is 12.1 Å². The number of rotatable bonds is 6. The molecule has 0 radical (unpaired) electrons. The van der Waals surface area contributed by atoms with Crippen molar-refractivity contribution in [2.75, 3.05) is 20.5 Å². The van der Waals surface area contributed by atoms with Gasteiger partial charge in [0.2, 0.25) is 0 Å². The quantitative estimate of drug-likeness (QED) is 0.405. The van der Waals surface area contributed by atoms with Crippen LogP contribution in [0.5, 0.6) is 0 Å². The van der Waals surface area contributed by atoms with Crippen molar-refractivity contribution < 1.29 is 14.3 Å². The summed E-state index contributed by atoms with van der Waals surface area (Å²) in [7, 11) is 1.55. The molecule has 6 heteroatoms. The Morgan fingerprint density at radius 1 is 1.12 bits per heavy atom. The summed E-state index contributed by atoms with van der Waals surface area (Å²) in [6.45, 7) is 4.24. The first-order valence-corrected chi connectivity index (χ1v) is 8.35. The highest BCUT2D eigenvalue weighted by molar-refractivity contribution is 6.00. The van der Waals surface area contributed by atoms with Crippen LogP contribution in [0.4, 0.5) is 0 Å². The molecule has 6 nitrogen and oxygen atoms in total. The van der Waals surface area contributed by atoms with Crippen LogP contribution >= 0.6 is 0 Å². The minimum atomic E-state index is -0.554. The standard InChI is InChI=1S/C20H22N2O4/c1-20(2,11-26-12-25-3)22-19(24)13-8-9-15-17(10-13)21-16-7-5-4-6-14(16)18(15)23/h4-10H,11-12H2,1-3H3,(H,21,23)(H,22,24). The van der Waals surface area contributed by atoms with Crippen LogP contribution in [0.1, 0.15) is 24.2 Å². The lowest BCUT2D eigenvalue weighted by atomic mass is 10.0. The van der Waals surface area contributed by atoms with Crippen LogP contribution in [0.15, 0.2) is 47.3 Å². The fraction of sp³-hybridized carbons (Fsp3) is 0.300. The molecule has 0 fully saturated rings. The van der Waals surface area contributed by atoms with Gasteiger partial charge in [0.25, 0.3) is 5.91 Å². The van der Waals surface area contributed by atoms with E-state index in [1.165, 1.54) is 0 Å². The molecule has 0 unspecified atom stereocenters. The van der Waals surface area contributed by atoms with Crippen LogP contribution in [-0.4, -0.2) is 36.9 Å². The smallest absolute Gasteiger partial charge is 0.251 e. The average Bonchev–Trinajstić information content (AvgIpc) is 2.61. The molecule has 1 heterocycles. The second-order valence-electron chi connectivity index (χ2n) is 6.85. The monoisotopic (exact) mass is 354 g/mol. The molecular weight excluding hydrogens is 332 g/mol. The van der Waals surface area contributed by atoms with Crippen molar-refractivity contribution in [3.8, 4) is 0 Å². The predicted octanol–water partition coefficient (Wildman–Crippen LogP) is 2.81. The highest BCUT2D eigenvalue weighted by atomic mass is 16.7. The summed E-state index contributed by atoms with van der Waals surface area (Å²) in [6.07, 6.45) is 0. The molecule has 0 aliphatic rings. The van der Waals surface area contributed by atoms with Crippen molar-refractivity contribution >= 4 is 27.7 Å². The number of H-pyrrole nitrogens is 1. The van der Waals surface area contributed by atoms with Gasteiger partial charge in [-0.25, -0.2) is 0 Å². The van der Waals surface area contributed by atoms with Gasteiger partial charge in [-0.15, -0.1) is 0 Å². The Bertz CT molecular complexity index is 1010. The second-order valence-corrected chi connectivity index (χ2v) is 6.85. The Morgan fingerprint density at radius 2 is 1.85 bits per heavy atom. The van der Waals surface area contributed by atoms with Gasteiger partial charge in [0.1, 0.15) is 6.79 Å². The Morgan fingerprint density at radius 3 is 2.62 bits per heavy atom. The van der Waals surface area contributed by atoms with Gasteiger partial charge in [0, 0.05) is 29.0 Å². The first-order chi connectivity index (χ1) is 12.4. The van der Waals surface area contributed by atoms with E-state index >= 15 is 0 Å². The number of carbonyl (C=O) groups is 1. The van der Waals surface area contributed by atoms with Crippen molar-refractivity contribution in [2.24, 2.45) is 0 Å². The molecule has 26 heavy (non-hydrogen) atoms. The summed E-state index contributed by atoms with van der Waals surface area (Å²) in [4.78, 5) is 28.4. The lowest BCUT2D eigenvalue weighted by molar-refractivity contribution is -0.0475. The SMILES string of the molecule is COCOCC(C)(C)NC(=O)c1ccc2c(=O)c3ccccc3[nH]c2c1. The fourth-order valence-corrected chi connectivity index (χ4v) is 2.86. The van der Waals surface area contributed by atoms with Crippen LogP contribution < -0.4 is 10.7 Å². The zero-order valence-electron chi connectivity index (χ0n) is 15.1. The van der Waals surface area contributed by atoms with Crippen molar-refractivity contribution in [1.82, 2.24) is 10.3 Å². The van der Waals surface area contributed by atoms with E-state index in [1.54, 1.807) is 31.4 Å². The third-order valence-electron chi connectivity index (χ3n) is 4.08. The number of hydrogen-bond acceptors (Lipinski definition) is 4. The number of amides is 1. The van der Waals surface area contributed by atoms with Crippen LogP contribution in [0.3, 0.4) is 0 Å². The molecular formula is C20H22N2O4. The Labute approximate surface area is 151 Å². The number of fused-ring (bicyclic) bond motifs is 2. The van der Waals surface area contributed by atoms with Gasteiger partial charge < -0.3 is 19.8 Å². The minimum absolute atomic E-state index is 0.0467. The van der Waals surface area contributed by atoms with E-state index < -0.39 is 5.54 Å². The zero-order valence-corrected chi connectivity index (χ0v) is 15.1. The summed E-state index contributed by atoms with van der Waals surface area (Å²) in [5, 5.41) is 4.13. The van der Waals surface area contributed by atoms with Gasteiger partial charge in [-0.3, -0.25) is 9.59 Å². The van der Waals surface area contributed by atoms with Gasteiger partial charge in [0.05, 0.1) is 17.7 Å². The number of aromatic nitrogens is 1. The minimum Gasteiger partial charge on any atom is -0.359 e. The Hall–Kier alpha value is -2.70. The molecule has 2 aromatic carbocycles. The van der Waals surface area contributed by atoms with E-state index in [-0.39, 0.29) is 18.1 Å². The van der Waals surface area contributed by atoms with E-state index in [0.29, 0.717) is 28.5 Å². The van der Waals surface area contributed by atoms with Crippen LogP contribution in [0.25, 0.3) is 21.8 Å². The van der Waals surface area contributed by atoms with Crippen LogP contribution in [0.2, 0.25) is 0 Å². The molecule has 0 aliphatic carbocycles. The second kappa shape index (κ2) is 7.27. The molecule has 3 rings (SSSR count). The molecule has 2 N–H and O–H groups in total. The van der Waals surface area contributed by atoms with E-state index in [1.807, 2.05) is 32.0 Å². The molecule has 0 saturated heterocycles. The molecule has 1 amide bonds. The molecule has 0 aliphatic heterocycles. The molecule has 3 aromatic rings. The van der Waals surface area contributed by atoms with Crippen LogP contribution in [-0.2, 0) is 9.47 Å². The number of aromatic amines is 1. The molecule has 136 valence electrons. The lowest BCUT2D eigenvalue weighted by Gasteiger charge is -2.26. The summed E-state index contributed by atoms with van der Waals surface area (Å²) >= 11 is 0. The normalized spacial score (nSPS) is 11.8. The zero-order chi connectivity index (χ0) is 18.7. The summed E-state index contributed by atoms with van der Waals surface area (Å²) < 4.78 is 10.2. The number of nitrogens with one attached hydrogen (secondary N) is 2. The van der Waals surface area contributed by atoms with Gasteiger partial charge in [0.15, 0.2) is 5.43 Å². The van der Waals surface area contributed by atoms with Gasteiger partial charge >= 0.3 is 0 Å². The van der Waals surface area contributed by atoms with E-state index in [4.69, 9.17) is 9.47 Å². The maximum absolute atomic E-state index is 12.6. The number of pyridine rings is 1. The maximum atomic E-state index is 12.6. The van der Waals surface area contributed by atoms with Crippen molar-refractivity contribution in [2.45, 2.75) is 19.4 Å². The largest absolute Gasteiger partial charge is 0.359 e. The topological polar surface area (TPSA) is 80.4 Å². The number of benzene rings is 2. The molecule has 0 bridgehead atoms. The first kappa shape index (κ1) is 18.1. The number of para-hydroxylation sites is 1. The number of methoxy groups -OCH3 is 1. The molecule has 1 aromatic heterocycles.